The second-order valence-electron chi connectivity index (χ2n) is 5.84. The zero-order chi connectivity index (χ0) is 15.6. The minimum atomic E-state index is -0.954. The summed E-state index contributed by atoms with van der Waals surface area (Å²) >= 11 is 0. The Balaban J connectivity index is 3.04. The molecule has 0 heterocycles. The molecule has 0 saturated carbocycles. The maximum Gasteiger partial charge on any atom is 0.404 e. The van der Waals surface area contributed by atoms with Gasteiger partial charge in [0.05, 0.1) is 0 Å². The highest BCUT2D eigenvalue weighted by Crippen LogP contribution is 2.12. The van der Waals surface area contributed by atoms with Gasteiger partial charge in [0.25, 0.3) is 0 Å². The molecular weight excluding hydrogens is 262 g/mol. The van der Waals surface area contributed by atoms with Crippen molar-refractivity contribution in [1.29, 1.82) is 0 Å². The van der Waals surface area contributed by atoms with Crippen LogP contribution in [0.5, 0.6) is 0 Å². The minimum absolute atomic E-state index is 0.424. The zero-order valence-corrected chi connectivity index (χ0v) is 13.9. The average Bonchev–Trinajstić information content (AvgIpc) is 2.46. The fourth-order valence-corrected chi connectivity index (χ4v) is 2.45. The van der Waals surface area contributed by atoms with Crippen molar-refractivity contribution in [1.82, 2.24) is 5.32 Å². The first-order valence-corrected chi connectivity index (χ1v) is 8.89. The number of carbonyl (C=O) groups is 1. The normalized spacial score (nSPS) is 11.1. The molecule has 0 aromatic rings. The number of allylic oxidation sites excluding steroid dienone is 1. The molecule has 0 saturated heterocycles. The van der Waals surface area contributed by atoms with E-state index in [9.17, 15) is 4.79 Å². The van der Waals surface area contributed by atoms with E-state index < -0.39 is 6.09 Å². The van der Waals surface area contributed by atoms with Gasteiger partial charge in [-0.3, -0.25) is 0 Å². The van der Waals surface area contributed by atoms with Gasteiger partial charge >= 0.3 is 6.09 Å². The van der Waals surface area contributed by atoms with Crippen LogP contribution in [0, 0.1) is 0 Å². The van der Waals surface area contributed by atoms with Gasteiger partial charge in [-0.25, -0.2) is 4.79 Å². The summed E-state index contributed by atoms with van der Waals surface area (Å²) in [5, 5.41) is 10.7. The van der Waals surface area contributed by atoms with Crippen LogP contribution in [-0.2, 0) is 0 Å². The molecule has 0 aromatic carbocycles. The lowest BCUT2D eigenvalue weighted by Gasteiger charge is -2.02. The van der Waals surface area contributed by atoms with Crippen LogP contribution in [0.2, 0.25) is 0 Å². The first-order valence-electron chi connectivity index (χ1n) is 8.89. The summed E-state index contributed by atoms with van der Waals surface area (Å²) in [6.45, 7) is 2.69. The van der Waals surface area contributed by atoms with Crippen molar-refractivity contribution in [2.24, 2.45) is 0 Å². The Kier molecular flexibility index (Phi) is 16.3. The molecule has 0 fully saturated rings. The van der Waals surface area contributed by atoms with Gasteiger partial charge in [-0.1, -0.05) is 89.7 Å². The molecule has 0 atom stereocenters. The van der Waals surface area contributed by atoms with Crippen molar-refractivity contribution >= 4 is 6.09 Å². The number of hydrogen-bond acceptors (Lipinski definition) is 1. The molecule has 2 N–H and O–H groups in total. The monoisotopic (exact) mass is 297 g/mol. The van der Waals surface area contributed by atoms with Gasteiger partial charge in [0.15, 0.2) is 0 Å². The molecule has 0 aliphatic carbocycles. The average molecular weight is 297 g/mol. The van der Waals surface area contributed by atoms with Gasteiger partial charge in [0, 0.05) is 6.54 Å². The lowest BCUT2D eigenvalue weighted by Crippen LogP contribution is -2.20. The maximum absolute atomic E-state index is 10.2. The molecule has 0 unspecified atom stereocenters. The van der Waals surface area contributed by atoms with Crippen molar-refractivity contribution in [2.45, 2.75) is 90.4 Å². The van der Waals surface area contributed by atoms with Gasteiger partial charge in [-0.15, -0.1) is 0 Å². The van der Waals surface area contributed by atoms with Crippen LogP contribution in [0.1, 0.15) is 90.4 Å². The van der Waals surface area contributed by atoms with Crippen molar-refractivity contribution in [2.75, 3.05) is 6.54 Å². The number of carboxylic acid groups (broad SMARTS) is 1. The lowest BCUT2D eigenvalue weighted by atomic mass is 10.0. The highest BCUT2D eigenvalue weighted by Gasteiger charge is 1.93. The molecule has 21 heavy (non-hydrogen) atoms. The summed E-state index contributed by atoms with van der Waals surface area (Å²) in [5.41, 5.74) is 0. The Morgan fingerprint density at radius 3 is 1.76 bits per heavy atom. The van der Waals surface area contributed by atoms with Crippen LogP contribution >= 0.6 is 0 Å². The predicted octanol–water partition coefficient (Wildman–Crippen LogP) is 5.90. The molecule has 124 valence electrons. The standard InChI is InChI=1S/C18H35NO2/c1-2-3-4-5-6-7-8-9-10-11-12-13-14-15-16-17-19-18(20)21/h15-16,19H,2-14,17H2,1H3,(H,20,21)/b16-15+. The summed E-state index contributed by atoms with van der Waals surface area (Å²) in [4.78, 5) is 10.2. The molecule has 0 aliphatic rings. The Bertz CT molecular complexity index is 252. The molecule has 1 amide bonds. The van der Waals surface area contributed by atoms with Gasteiger partial charge in [0.1, 0.15) is 0 Å². The van der Waals surface area contributed by atoms with Crippen molar-refractivity contribution in [3.05, 3.63) is 12.2 Å². The second-order valence-corrected chi connectivity index (χ2v) is 5.84. The number of amides is 1. The topological polar surface area (TPSA) is 49.3 Å². The number of hydrogen-bond donors (Lipinski definition) is 2. The zero-order valence-electron chi connectivity index (χ0n) is 13.9. The van der Waals surface area contributed by atoms with Crippen molar-refractivity contribution in [3.8, 4) is 0 Å². The van der Waals surface area contributed by atoms with E-state index in [2.05, 4.69) is 18.3 Å². The van der Waals surface area contributed by atoms with E-state index in [1.807, 2.05) is 6.08 Å². The number of rotatable bonds is 15. The second kappa shape index (κ2) is 17.1. The largest absolute Gasteiger partial charge is 0.465 e. The highest BCUT2D eigenvalue weighted by molar-refractivity contribution is 5.64. The van der Waals surface area contributed by atoms with Gasteiger partial charge < -0.3 is 10.4 Å². The van der Waals surface area contributed by atoms with E-state index in [1.165, 1.54) is 77.0 Å². The third kappa shape index (κ3) is 19.0. The Morgan fingerprint density at radius 2 is 1.29 bits per heavy atom. The van der Waals surface area contributed by atoms with E-state index in [-0.39, 0.29) is 0 Å². The molecule has 0 aromatic heterocycles. The van der Waals surface area contributed by atoms with E-state index >= 15 is 0 Å². The van der Waals surface area contributed by atoms with E-state index in [4.69, 9.17) is 5.11 Å². The number of nitrogens with one attached hydrogen (secondary N) is 1. The van der Waals surface area contributed by atoms with Crippen LogP contribution in [0.4, 0.5) is 4.79 Å². The fraction of sp³-hybridized carbons (Fsp3) is 0.833. The highest BCUT2D eigenvalue weighted by atomic mass is 16.4. The molecule has 0 rings (SSSR count). The third-order valence-electron chi connectivity index (χ3n) is 3.76. The molecule has 0 radical (unpaired) electrons. The summed E-state index contributed by atoms with van der Waals surface area (Å²) in [5.74, 6) is 0. The minimum Gasteiger partial charge on any atom is -0.465 e. The van der Waals surface area contributed by atoms with Crippen LogP contribution in [-0.4, -0.2) is 17.7 Å². The van der Waals surface area contributed by atoms with Crippen LogP contribution in [0.25, 0.3) is 0 Å². The third-order valence-corrected chi connectivity index (χ3v) is 3.76. The van der Waals surface area contributed by atoms with Gasteiger partial charge in [-0.2, -0.15) is 0 Å². The van der Waals surface area contributed by atoms with Crippen LogP contribution < -0.4 is 5.32 Å². The smallest absolute Gasteiger partial charge is 0.404 e. The fourth-order valence-electron chi connectivity index (χ4n) is 2.45. The summed E-state index contributed by atoms with van der Waals surface area (Å²) in [7, 11) is 0. The Hall–Kier alpha value is -0.990. The van der Waals surface area contributed by atoms with Crippen molar-refractivity contribution < 1.29 is 9.90 Å². The van der Waals surface area contributed by atoms with Crippen LogP contribution in [0.3, 0.4) is 0 Å². The number of unbranched alkanes of at least 4 members (excludes halogenated alkanes) is 12. The SMILES string of the molecule is CCCCCCCCCCCCCC/C=C/CNC(=O)O. The predicted molar refractivity (Wildman–Crippen MR) is 90.9 cm³/mol. The van der Waals surface area contributed by atoms with Crippen molar-refractivity contribution in [3.63, 3.8) is 0 Å². The first kappa shape index (κ1) is 20.0. The Morgan fingerprint density at radius 1 is 0.810 bits per heavy atom. The first-order chi connectivity index (χ1) is 10.3. The maximum atomic E-state index is 10.2. The molecule has 3 heteroatoms. The Labute approximate surface area is 131 Å². The molecular formula is C18H35NO2. The van der Waals surface area contributed by atoms with Gasteiger partial charge in [0.2, 0.25) is 0 Å². The lowest BCUT2D eigenvalue weighted by molar-refractivity contribution is 0.195. The molecule has 0 bridgehead atoms. The quantitative estimate of drug-likeness (QED) is 0.292. The molecule has 0 aliphatic heterocycles. The molecule has 0 spiro atoms. The van der Waals surface area contributed by atoms with Crippen LogP contribution in [0.15, 0.2) is 12.2 Å². The summed E-state index contributed by atoms with van der Waals surface area (Å²) < 4.78 is 0. The van der Waals surface area contributed by atoms with E-state index in [0.717, 1.165) is 6.42 Å². The van der Waals surface area contributed by atoms with E-state index in [0.29, 0.717) is 6.54 Å². The summed E-state index contributed by atoms with van der Waals surface area (Å²) in [6, 6.07) is 0. The summed E-state index contributed by atoms with van der Waals surface area (Å²) in [6.07, 6.45) is 20.6. The van der Waals surface area contributed by atoms with E-state index in [1.54, 1.807) is 0 Å². The molecule has 3 nitrogen and oxygen atoms in total. The van der Waals surface area contributed by atoms with Gasteiger partial charge in [-0.05, 0) is 12.8 Å².